The first-order chi connectivity index (χ1) is 11.7. The van der Waals surface area contributed by atoms with Crippen LogP contribution in [0.5, 0.6) is 5.75 Å². The zero-order valence-electron chi connectivity index (χ0n) is 13.4. The minimum absolute atomic E-state index is 0.0971. The van der Waals surface area contributed by atoms with Crippen molar-refractivity contribution in [2.45, 2.75) is 19.9 Å². The molecule has 0 aliphatic rings. The lowest BCUT2D eigenvalue weighted by molar-refractivity contribution is 0.0922. The first-order valence-electron chi connectivity index (χ1n) is 7.21. The van der Waals surface area contributed by atoms with Gasteiger partial charge in [-0.25, -0.2) is 4.79 Å². The van der Waals surface area contributed by atoms with E-state index in [0.29, 0.717) is 21.4 Å². The SMILES string of the molecule is Cc1c(Cl)ccc(OCC(C)NC(=O)c2[nH]c(=O)[nH]c(=O)c2N)c1Cl. The summed E-state index contributed by atoms with van der Waals surface area (Å²) in [6.45, 7) is 3.53. The zero-order valence-corrected chi connectivity index (χ0v) is 14.9. The topological polar surface area (TPSA) is 130 Å². The van der Waals surface area contributed by atoms with Crippen LogP contribution in [0.25, 0.3) is 0 Å². The number of nitrogen functional groups attached to an aromatic ring is 1. The molecular formula is C15H16Cl2N4O4. The van der Waals surface area contributed by atoms with Crippen LogP contribution in [0.4, 0.5) is 5.69 Å². The summed E-state index contributed by atoms with van der Waals surface area (Å²) >= 11 is 12.1. The monoisotopic (exact) mass is 386 g/mol. The van der Waals surface area contributed by atoms with Gasteiger partial charge in [0.2, 0.25) is 0 Å². The summed E-state index contributed by atoms with van der Waals surface area (Å²) in [6, 6.07) is 2.82. The third-order valence-electron chi connectivity index (χ3n) is 3.36. The maximum Gasteiger partial charge on any atom is 0.326 e. The number of H-pyrrole nitrogens is 2. The van der Waals surface area contributed by atoms with Crippen LogP contribution in [0.1, 0.15) is 23.0 Å². The van der Waals surface area contributed by atoms with Crippen LogP contribution in [-0.2, 0) is 0 Å². The van der Waals surface area contributed by atoms with Gasteiger partial charge in [-0.1, -0.05) is 23.2 Å². The average molecular weight is 387 g/mol. The van der Waals surface area contributed by atoms with Crippen LogP contribution >= 0.6 is 23.2 Å². The van der Waals surface area contributed by atoms with Crippen molar-refractivity contribution in [3.05, 3.63) is 54.3 Å². The van der Waals surface area contributed by atoms with E-state index in [2.05, 4.69) is 10.3 Å². The summed E-state index contributed by atoms with van der Waals surface area (Å²) < 4.78 is 5.57. The average Bonchev–Trinajstić information content (AvgIpc) is 2.55. The molecule has 10 heteroatoms. The van der Waals surface area contributed by atoms with Gasteiger partial charge in [-0.05, 0) is 31.5 Å². The highest BCUT2D eigenvalue weighted by atomic mass is 35.5. The number of nitrogens with two attached hydrogens (primary N) is 1. The molecule has 0 aliphatic heterocycles. The number of aromatic nitrogens is 2. The lowest BCUT2D eigenvalue weighted by Crippen LogP contribution is -2.40. The summed E-state index contributed by atoms with van der Waals surface area (Å²) in [4.78, 5) is 39.0. The molecule has 0 saturated heterocycles. The molecule has 2 aromatic rings. The molecular weight excluding hydrogens is 371 g/mol. The molecule has 1 atom stereocenters. The fraction of sp³-hybridized carbons (Fsp3) is 0.267. The highest BCUT2D eigenvalue weighted by Crippen LogP contribution is 2.32. The largest absolute Gasteiger partial charge is 0.490 e. The van der Waals surface area contributed by atoms with Crippen LogP contribution < -0.4 is 27.0 Å². The number of hydrogen-bond acceptors (Lipinski definition) is 5. The quantitative estimate of drug-likeness (QED) is 0.617. The molecule has 134 valence electrons. The molecule has 0 radical (unpaired) electrons. The van der Waals surface area contributed by atoms with E-state index in [1.807, 2.05) is 4.98 Å². The number of amides is 1. The molecule has 5 N–H and O–H groups in total. The Balaban J connectivity index is 2.05. The Bertz CT molecular complexity index is 923. The number of rotatable bonds is 5. The zero-order chi connectivity index (χ0) is 18.7. The summed E-state index contributed by atoms with van der Waals surface area (Å²) in [5.41, 5.74) is 3.86. The maximum atomic E-state index is 12.1. The number of carbonyl (C=O) groups excluding carboxylic acids is 1. The summed E-state index contributed by atoms with van der Waals surface area (Å²) in [5.74, 6) is -0.274. The molecule has 25 heavy (non-hydrogen) atoms. The molecule has 1 aromatic carbocycles. The van der Waals surface area contributed by atoms with E-state index in [0.717, 1.165) is 0 Å². The Kier molecular flexibility index (Phi) is 5.76. The number of halogens is 2. The van der Waals surface area contributed by atoms with E-state index in [-0.39, 0.29) is 18.0 Å². The second-order valence-electron chi connectivity index (χ2n) is 5.37. The van der Waals surface area contributed by atoms with Gasteiger partial charge in [-0.3, -0.25) is 14.6 Å². The molecule has 8 nitrogen and oxygen atoms in total. The standard InChI is InChI=1S/C15H16Cl2N4O4/c1-6(5-25-9-4-3-8(16)7(2)10(9)17)19-14(23)12-11(18)13(22)21-15(24)20-12/h3-4,6H,5,18H2,1-2H3,(H,19,23)(H2,20,21,22,24). The summed E-state index contributed by atoms with van der Waals surface area (Å²) in [5, 5.41) is 3.48. The Morgan fingerprint density at radius 1 is 1.32 bits per heavy atom. The van der Waals surface area contributed by atoms with Gasteiger partial charge in [-0.2, -0.15) is 0 Å². The third kappa shape index (κ3) is 4.34. The van der Waals surface area contributed by atoms with E-state index in [9.17, 15) is 14.4 Å². The molecule has 1 unspecified atom stereocenters. The highest BCUT2D eigenvalue weighted by molar-refractivity contribution is 6.36. The molecule has 1 aromatic heterocycles. The molecule has 0 spiro atoms. The second-order valence-corrected chi connectivity index (χ2v) is 6.15. The Morgan fingerprint density at radius 2 is 2.00 bits per heavy atom. The van der Waals surface area contributed by atoms with Crippen LogP contribution in [0.2, 0.25) is 10.0 Å². The normalized spacial score (nSPS) is 11.8. The lowest BCUT2D eigenvalue weighted by Gasteiger charge is -2.16. The van der Waals surface area contributed by atoms with Crippen molar-refractivity contribution >= 4 is 34.8 Å². The van der Waals surface area contributed by atoms with Crippen molar-refractivity contribution in [2.24, 2.45) is 0 Å². The van der Waals surface area contributed by atoms with Gasteiger partial charge >= 0.3 is 5.69 Å². The molecule has 0 fully saturated rings. The van der Waals surface area contributed by atoms with E-state index >= 15 is 0 Å². The minimum atomic E-state index is -0.832. The number of ether oxygens (including phenoxy) is 1. The van der Waals surface area contributed by atoms with E-state index in [1.165, 1.54) is 0 Å². The fourth-order valence-corrected chi connectivity index (χ4v) is 2.40. The van der Waals surface area contributed by atoms with Crippen molar-refractivity contribution in [2.75, 3.05) is 12.3 Å². The minimum Gasteiger partial charge on any atom is -0.490 e. The number of nitrogens with one attached hydrogen (secondary N) is 3. The van der Waals surface area contributed by atoms with Gasteiger partial charge in [0.05, 0.1) is 11.1 Å². The smallest absolute Gasteiger partial charge is 0.326 e. The third-order valence-corrected chi connectivity index (χ3v) is 4.24. The molecule has 0 saturated carbocycles. The van der Waals surface area contributed by atoms with Gasteiger partial charge in [0.1, 0.15) is 23.7 Å². The predicted octanol–water partition coefficient (Wildman–Crippen LogP) is 1.46. The molecule has 0 bridgehead atoms. The van der Waals surface area contributed by atoms with E-state index in [4.69, 9.17) is 33.7 Å². The van der Waals surface area contributed by atoms with Gasteiger partial charge in [0.15, 0.2) is 0 Å². The van der Waals surface area contributed by atoms with Crippen LogP contribution in [0.3, 0.4) is 0 Å². The number of hydrogen-bond donors (Lipinski definition) is 4. The Labute approximate surface area is 152 Å². The summed E-state index contributed by atoms with van der Waals surface area (Å²) in [7, 11) is 0. The molecule has 1 heterocycles. The van der Waals surface area contributed by atoms with Crippen molar-refractivity contribution in [1.82, 2.24) is 15.3 Å². The van der Waals surface area contributed by atoms with Crippen molar-refractivity contribution in [3.63, 3.8) is 0 Å². The Hall–Kier alpha value is -2.45. The predicted molar refractivity (Wildman–Crippen MR) is 95.7 cm³/mol. The first-order valence-corrected chi connectivity index (χ1v) is 7.96. The fourth-order valence-electron chi connectivity index (χ4n) is 1.98. The van der Waals surface area contributed by atoms with E-state index < -0.39 is 23.2 Å². The molecule has 2 rings (SSSR count). The molecule has 0 aliphatic carbocycles. The highest BCUT2D eigenvalue weighted by Gasteiger charge is 2.17. The van der Waals surface area contributed by atoms with Crippen molar-refractivity contribution < 1.29 is 9.53 Å². The van der Waals surface area contributed by atoms with Crippen LogP contribution in [0, 0.1) is 6.92 Å². The van der Waals surface area contributed by atoms with Crippen molar-refractivity contribution in [3.8, 4) is 5.75 Å². The number of anilines is 1. The van der Waals surface area contributed by atoms with E-state index in [1.54, 1.807) is 26.0 Å². The van der Waals surface area contributed by atoms with Crippen molar-refractivity contribution in [1.29, 1.82) is 0 Å². The lowest BCUT2D eigenvalue weighted by atomic mass is 10.2. The number of aromatic amines is 2. The van der Waals surface area contributed by atoms with Gasteiger partial charge in [0.25, 0.3) is 11.5 Å². The number of carbonyl (C=O) groups is 1. The van der Waals surface area contributed by atoms with Gasteiger partial charge in [0, 0.05) is 5.02 Å². The van der Waals surface area contributed by atoms with Gasteiger partial charge in [-0.15, -0.1) is 0 Å². The second kappa shape index (κ2) is 7.62. The van der Waals surface area contributed by atoms with Gasteiger partial charge < -0.3 is 20.8 Å². The summed E-state index contributed by atoms with van der Waals surface area (Å²) in [6.07, 6.45) is 0. The number of benzene rings is 1. The van der Waals surface area contributed by atoms with Crippen LogP contribution in [-0.4, -0.2) is 28.5 Å². The molecule has 1 amide bonds. The maximum absolute atomic E-state index is 12.1. The first kappa shape index (κ1) is 18.9. The van der Waals surface area contributed by atoms with Crippen LogP contribution in [0.15, 0.2) is 21.7 Å². The Morgan fingerprint density at radius 3 is 2.68 bits per heavy atom.